The Balaban J connectivity index is 1.78. The molecule has 1 nitrogen and oxygen atoms in total. The summed E-state index contributed by atoms with van der Waals surface area (Å²) in [7, 11) is 0. The molecule has 0 aliphatic heterocycles. The summed E-state index contributed by atoms with van der Waals surface area (Å²) in [5.41, 5.74) is 3.93. The van der Waals surface area contributed by atoms with E-state index in [4.69, 9.17) is 0 Å². The average molecular weight is 285 g/mol. The molecule has 1 heterocycles. The predicted molar refractivity (Wildman–Crippen MR) is 77.9 cm³/mol. The average Bonchev–Trinajstić information content (AvgIpc) is 2.45. The molecular formula is C18H17F2N. The van der Waals surface area contributed by atoms with Crippen LogP contribution in [0.2, 0.25) is 0 Å². The van der Waals surface area contributed by atoms with Crippen LogP contribution in [0, 0.1) is 23.0 Å². The van der Waals surface area contributed by atoms with Gasteiger partial charge in [0, 0.05) is 17.8 Å². The van der Waals surface area contributed by atoms with Gasteiger partial charge < -0.3 is 0 Å². The van der Waals surface area contributed by atoms with Crippen LogP contribution in [0.25, 0.3) is 11.3 Å². The van der Waals surface area contributed by atoms with Gasteiger partial charge in [-0.1, -0.05) is 13.8 Å². The van der Waals surface area contributed by atoms with Gasteiger partial charge in [-0.2, -0.15) is 0 Å². The van der Waals surface area contributed by atoms with E-state index in [1.54, 1.807) is 0 Å². The van der Waals surface area contributed by atoms with Crippen molar-refractivity contribution in [3.05, 3.63) is 53.2 Å². The first kappa shape index (κ1) is 12.9. The first-order chi connectivity index (χ1) is 9.96. The van der Waals surface area contributed by atoms with Gasteiger partial charge in [0.1, 0.15) is 11.6 Å². The lowest BCUT2D eigenvalue weighted by Crippen LogP contribution is -2.48. The lowest BCUT2D eigenvalue weighted by atomic mass is 9.47. The van der Waals surface area contributed by atoms with Crippen molar-refractivity contribution in [3.8, 4) is 11.3 Å². The third kappa shape index (κ3) is 1.76. The number of aromatic nitrogens is 1. The maximum atomic E-state index is 13.9. The smallest absolute Gasteiger partial charge is 0.135 e. The molecule has 2 unspecified atom stereocenters. The van der Waals surface area contributed by atoms with Gasteiger partial charge in [-0.15, -0.1) is 0 Å². The fraction of sp³-hybridized carbons (Fsp3) is 0.389. The minimum atomic E-state index is -0.558. The van der Waals surface area contributed by atoms with E-state index >= 15 is 0 Å². The van der Waals surface area contributed by atoms with E-state index in [1.165, 1.54) is 29.7 Å². The molecule has 108 valence electrons. The van der Waals surface area contributed by atoms with Gasteiger partial charge in [-0.3, -0.25) is 4.98 Å². The van der Waals surface area contributed by atoms with Crippen LogP contribution < -0.4 is 0 Å². The summed E-state index contributed by atoms with van der Waals surface area (Å²) in [4.78, 5) is 4.43. The molecule has 0 spiro atoms. The van der Waals surface area contributed by atoms with Gasteiger partial charge in [0.05, 0.1) is 5.69 Å². The molecule has 21 heavy (non-hydrogen) atoms. The predicted octanol–water partition coefficient (Wildman–Crippen LogP) is 4.71. The lowest BCUT2D eigenvalue weighted by Gasteiger charge is -2.57. The maximum Gasteiger partial charge on any atom is 0.135 e. The molecule has 0 saturated heterocycles. The summed E-state index contributed by atoms with van der Waals surface area (Å²) in [6, 6.07) is 5.64. The van der Waals surface area contributed by atoms with Gasteiger partial charge >= 0.3 is 0 Å². The molecular weight excluding hydrogens is 268 g/mol. The molecule has 0 N–H and O–H groups in total. The number of hydrogen-bond acceptors (Lipinski definition) is 1. The van der Waals surface area contributed by atoms with E-state index in [-0.39, 0.29) is 0 Å². The van der Waals surface area contributed by atoms with Crippen LogP contribution in [0.15, 0.2) is 30.5 Å². The number of hydrogen-bond donors (Lipinski definition) is 0. The molecule has 3 aliphatic rings. The van der Waals surface area contributed by atoms with Crippen molar-refractivity contribution in [1.29, 1.82) is 0 Å². The molecule has 1 aromatic carbocycles. The van der Waals surface area contributed by atoms with Crippen molar-refractivity contribution >= 4 is 0 Å². The molecule has 2 aromatic rings. The van der Waals surface area contributed by atoms with Crippen LogP contribution >= 0.6 is 0 Å². The number of rotatable bonds is 1. The second kappa shape index (κ2) is 4.12. The normalized spacial score (nSPS) is 25.1. The maximum absolute atomic E-state index is 13.9. The first-order valence-electron chi connectivity index (χ1n) is 7.41. The van der Waals surface area contributed by atoms with Crippen molar-refractivity contribution in [2.24, 2.45) is 11.3 Å². The minimum Gasteiger partial charge on any atom is -0.256 e. The summed E-state index contributed by atoms with van der Waals surface area (Å²) < 4.78 is 26.9. The van der Waals surface area contributed by atoms with E-state index < -0.39 is 11.6 Å². The second-order valence-corrected chi connectivity index (χ2v) is 6.90. The summed E-state index contributed by atoms with van der Waals surface area (Å²) in [5.74, 6) is 0.176. The molecule has 2 atom stereocenters. The highest BCUT2D eigenvalue weighted by molar-refractivity contribution is 5.62. The van der Waals surface area contributed by atoms with Gasteiger partial charge in [0.25, 0.3) is 0 Å². The zero-order valence-corrected chi connectivity index (χ0v) is 12.2. The Morgan fingerprint density at radius 1 is 1.19 bits per heavy atom. The summed E-state index contributed by atoms with van der Waals surface area (Å²) in [6.45, 7) is 4.64. The molecule has 1 saturated carbocycles. The fourth-order valence-corrected chi connectivity index (χ4v) is 4.00. The molecule has 1 fully saturated rings. The molecule has 5 rings (SSSR count). The molecule has 3 heteroatoms. The van der Waals surface area contributed by atoms with Gasteiger partial charge in [-0.25, -0.2) is 8.78 Å². The summed E-state index contributed by atoms with van der Waals surface area (Å²) in [6.07, 6.45) is 4.18. The highest BCUT2D eigenvalue weighted by atomic mass is 19.1. The van der Waals surface area contributed by atoms with Gasteiger partial charge in [-0.05, 0) is 59.4 Å². The van der Waals surface area contributed by atoms with Crippen molar-refractivity contribution < 1.29 is 8.78 Å². The highest BCUT2D eigenvalue weighted by Crippen LogP contribution is 2.62. The zero-order chi connectivity index (χ0) is 14.8. The SMILES string of the molecule is CC1(C)C2Cc3cc(-c4ccc(F)cc4F)ncc3C1C2. The van der Waals surface area contributed by atoms with E-state index in [2.05, 4.69) is 18.8 Å². The standard InChI is InChI=1S/C18H17F2N/c1-18(2)11-5-10-6-17(21-9-14(10)15(18)7-11)13-4-3-12(19)8-16(13)20/h3-4,6,8-9,11,15H,5,7H2,1-2H3. The molecule has 1 aromatic heterocycles. The van der Waals surface area contributed by atoms with Crippen molar-refractivity contribution in [3.63, 3.8) is 0 Å². The topological polar surface area (TPSA) is 12.9 Å². The quantitative estimate of drug-likeness (QED) is 0.739. The number of halogens is 2. The Kier molecular flexibility index (Phi) is 2.54. The Hall–Kier alpha value is -1.77. The monoisotopic (exact) mass is 285 g/mol. The minimum absolute atomic E-state index is 0.358. The Morgan fingerprint density at radius 2 is 2.00 bits per heavy atom. The lowest BCUT2D eigenvalue weighted by molar-refractivity contribution is 0.0183. The van der Waals surface area contributed by atoms with Gasteiger partial charge in [0.15, 0.2) is 0 Å². The van der Waals surface area contributed by atoms with E-state index in [0.29, 0.717) is 28.5 Å². The van der Waals surface area contributed by atoms with Gasteiger partial charge in [0.2, 0.25) is 0 Å². The Morgan fingerprint density at radius 3 is 2.71 bits per heavy atom. The number of pyridine rings is 1. The van der Waals surface area contributed by atoms with Crippen LogP contribution in [0.4, 0.5) is 8.78 Å². The van der Waals surface area contributed by atoms with Crippen molar-refractivity contribution in [2.45, 2.75) is 32.6 Å². The summed E-state index contributed by atoms with van der Waals surface area (Å²) in [5, 5.41) is 0. The highest BCUT2D eigenvalue weighted by Gasteiger charge is 2.52. The van der Waals surface area contributed by atoms with E-state index in [0.717, 1.165) is 12.5 Å². The summed E-state index contributed by atoms with van der Waals surface area (Å²) >= 11 is 0. The van der Waals surface area contributed by atoms with Crippen molar-refractivity contribution in [2.75, 3.05) is 0 Å². The largest absolute Gasteiger partial charge is 0.256 e. The fourth-order valence-electron chi connectivity index (χ4n) is 4.00. The van der Waals surface area contributed by atoms with E-state index in [9.17, 15) is 8.78 Å². The molecule has 0 amide bonds. The third-order valence-electron chi connectivity index (χ3n) is 5.54. The number of benzene rings is 1. The van der Waals surface area contributed by atoms with Crippen molar-refractivity contribution in [1.82, 2.24) is 4.98 Å². The molecule has 3 aliphatic carbocycles. The number of nitrogens with zero attached hydrogens (tertiary/aromatic N) is 1. The molecule has 0 radical (unpaired) electrons. The van der Waals surface area contributed by atoms with Crippen LogP contribution in [0.5, 0.6) is 0 Å². The Labute approximate surface area is 123 Å². The third-order valence-corrected chi connectivity index (χ3v) is 5.54. The zero-order valence-electron chi connectivity index (χ0n) is 12.2. The molecule has 2 bridgehead atoms. The van der Waals surface area contributed by atoms with Crippen LogP contribution in [-0.4, -0.2) is 4.98 Å². The van der Waals surface area contributed by atoms with Crippen LogP contribution in [0.3, 0.4) is 0 Å². The van der Waals surface area contributed by atoms with E-state index in [1.807, 2.05) is 12.3 Å². The second-order valence-electron chi connectivity index (χ2n) is 6.90. The van der Waals surface area contributed by atoms with Crippen LogP contribution in [-0.2, 0) is 6.42 Å². The first-order valence-corrected chi connectivity index (χ1v) is 7.41. The Bertz CT molecular complexity index is 736. The van der Waals surface area contributed by atoms with Crippen LogP contribution in [0.1, 0.15) is 37.3 Å².